The van der Waals surface area contributed by atoms with Crippen LogP contribution in [-0.4, -0.2) is 55.2 Å². The molecule has 4 aromatic carbocycles. The zero-order valence-corrected chi connectivity index (χ0v) is 39.0. The van der Waals surface area contributed by atoms with Crippen LogP contribution in [0.25, 0.3) is 56.2 Å². The van der Waals surface area contributed by atoms with Crippen molar-refractivity contribution in [2.24, 2.45) is 0 Å². The second-order valence-corrected chi connectivity index (χ2v) is 17.3. The van der Waals surface area contributed by atoms with Crippen LogP contribution < -0.4 is 20.6 Å². The molecule has 68 heavy (non-hydrogen) atoms. The first-order chi connectivity index (χ1) is 32.5. The lowest BCUT2D eigenvalue weighted by molar-refractivity contribution is -0.146. The molecule has 9 aromatic rings. The second-order valence-electron chi connectivity index (χ2n) is 17.3. The van der Waals surface area contributed by atoms with Gasteiger partial charge in [-0.25, -0.2) is 18.7 Å². The zero-order valence-electron chi connectivity index (χ0n) is 39.0. The van der Waals surface area contributed by atoms with Crippen LogP contribution in [0.5, 0.6) is 11.5 Å². The van der Waals surface area contributed by atoms with Crippen molar-refractivity contribution < 1.29 is 32.2 Å². The molecule has 5 aromatic heterocycles. The summed E-state index contributed by atoms with van der Waals surface area (Å²) in [6, 6.07) is 25.5. The average Bonchev–Trinajstić information content (AvgIpc) is 4.07. The number of hydrogen-bond acceptors (Lipinski definition) is 9. The molecule has 5 heterocycles. The third-order valence-corrected chi connectivity index (χ3v) is 12.7. The Balaban J connectivity index is 1.21. The molecular weight excluding hydrogens is 871 g/mol. The SMILES string of the molecule is COC(=O)C(C)(C)c1cn2c(=O)c(-c3cccc(OC)c3)c(C)n(Cc3cccc(-c4cc(OC)cc(-c5c(C)n(Cc6ccccc6F)c6nc(-c7cc(C)oc7C)cn6c5=O)c4)c3F)c2n1. The first kappa shape index (κ1) is 45.1. The van der Waals surface area contributed by atoms with Crippen LogP contribution in [0, 0.1) is 39.3 Å². The molecule has 0 aliphatic carbocycles. The maximum absolute atomic E-state index is 17.5. The van der Waals surface area contributed by atoms with E-state index in [1.165, 1.54) is 42.4 Å². The quantitative estimate of drug-likeness (QED) is 0.110. The summed E-state index contributed by atoms with van der Waals surface area (Å²) in [5, 5.41) is 0. The van der Waals surface area contributed by atoms with E-state index in [2.05, 4.69) is 0 Å². The molecule has 0 saturated heterocycles. The number of methoxy groups -OCH3 is 3. The Bertz CT molecular complexity index is 3610. The van der Waals surface area contributed by atoms with Gasteiger partial charge in [-0.1, -0.05) is 48.5 Å². The molecule has 0 amide bonds. The molecule has 0 atom stereocenters. The second kappa shape index (κ2) is 17.3. The molecule has 0 radical (unpaired) electrons. The summed E-state index contributed by atoms with van der Waals surface area (Å²) in [7, 11) is 4.31. The Hall–Kier alpha value is -8.07. The highest BCUT2D eigenvalue weighted by molar-refractivity contribution is 5.82. The minimum Gasteiger partial charge on any atom is -0.497 e. The van der Waals surface area contributed by atoms with Crippen LogP contribution >= 0.6 is 0 Å². The summed E-state index contributed by atoms with van der Waals surface area (Å²) in [5.41, 5.74) is 3.37. The van der Waals surface area contributed by atoms with E-state index in [9.17, 15) is 14.4 Å². The fourth-order valence-electron chi connectivity index (χ4n) is 8.95. The third kappa shape index (κ3) is 7.62. The minimum atomic E-state index is -1.23. The molecular formula is C53H48F2N6O7. The number of furan rings is 1. The van der Waals surface area contributed by atoms with Crippen molar-refractivity contribution in [1.82, 2.24) is 27.9 Å². The molecule has 0 unspecified atom stereocenters. The van der Waals surface area contributed by atoms with E-state index in [0.29, 0.717) is 79.3 Å². The number of nitrogens with zero attached hydrogens (tertiary/aromatic N) is 6. The molecule has 15 heteroatoms. The predicted octanol–water partition coefficient (Wildman–Crippen LogP) is 9.64. The fourth-order valence-corrected chi connectivity index (χ4v) is 8.95. The van der Waals surface area contributed by atoms with Gasteiger partial charge in [-0.2, -0.15) is 0 Å². The summed E-state index contributed by atoms with van der Waals surface area (Å²) in [6.07, 6.45) is 3.17. The molecule has 13 nitrogen and oxygen atoms in total. The van der Waals surface area contributed by atoms with Gasteiger partial charge in [0.15, 0.2) is 0 Å². The topological polar surface area (TPSA) is 136 Å². The van der Waals surface area contributed by atoms with Crippen molar-refractivity contribution in [2.45, 2.75) is 60.0 Å². The lowest BCUT2D eigenvalue weighted by Crippen LogP contribution is -2.30. The van der Waals surface area contributed by atoms with Gasteiger partial charge in [0.2, 0.25) is 11.6 Å². The summed E-state index contributed by atoms with van der Waals surface area (Å²) >= 11 is 0. The first-order valence-corrected chi connectivity index (χ1v) is 21.8. The molecule has 9 rings (SSSR count). The summed E-state index contributed by atoms with van der Waals surface area (Å²) < 4.78 is 61.3. The Kier molecular flexibility index (Phi) is 11.5. The van der Waals surface area contributed by atoms with Crippen LogP contribution in [0.15, 0.2) is 117 Å². The number of carbonyl (C=O) groups is 1. The average molecular weight is 919 g/mol. The molecule has 0 aliphatic heterocycles. The van der Waals surface area contributed by atoms with E-state index in [-0.39, 0.29) is 46.8 Å². The molecule has 0 spiro atoms. The van der Waals surface area contributed by atoms with Crippen molar-refractivity contribution >= 4 is 17.5 Å². The molecule has 346 valence electrons. The number of aromatic nitrogens is 6. The maximum atomic E-state index is 17.5. The van der Waals surface area contributed by atoms with Gasteiger partial charge >= 0.3 is 5.97 Å². The minimum absolute atomic E-state index is 0.0536. The van der Waals surface area contributed by atoms with Gasteiger partial charge in [-0.3, -0.25) is 23.2 Å². The Morgan fingerprint density at radius 2 is 1.26 bits per heavy atom. The molecule has 0 saturated carbocycles. The van der Waals surface area contributed by atoms with Gasteiger partial charge in [0, 0.05) is 46.0 Å². The van der Waals surface area contributed by atoms with Crippen LogP contribution in [0.4, 0.5) is 8.78 Å². The van der Waals surface area contributed by atoms with Gasteiger partial charge in [-0.15, -0.1) is 0 Å². The van der Waals surface area contributed by atoms with Crippen LogP contribution in [0.1, 0.15) is 53.6 Å². The van der Waals surface area contributed by atoms with E-state index >= 15 is 8.78 Å². The van der Waals surface area contributed by atoms with Crippen molar-refractivity contribution in [1.29, 1.82) is 0 Å². The monoisotopic (exact) mass is 918 g/mol. The predicted molar refractivity (Wildman–Crippen MR) is 255 cm³/mol. The van der Waals surface area contributed by atoms with Gasteiger partial charge in [-0.05, 0) is 101 Å². The fraction of sp³-hybridized carbons (Fsp3) is 0.226. The highest BCUT2D eigenvalue weighted by Crippen LogP contribution is 2.36. The number of esters is 1. The van der Waals surface area contributed by atoms with Gasteiger partial charge < -0.3 is 27.8 Å². The number of halogens is 2. The van der Waals surface area contributed by atoms with E-state index in [1.807, 2.05) is 19.9 Å². The van der Waals surface area contributed by atoms with Crippen LogP contribution in [0.3, 0.4) is 0 Å². The Morgan fingerprint density at radius 1 is 0.662 bits per heavy atom. The molecule has 0 aliphatic rings. The van der Waals surface area contributed by atoms with Crippen molar-refractivity contribution in [3.63, 3.8) is 0 Å². The van der Waals surface area contributed by atoms with E-state index in [1.54, 1.807) is 122 Å². The number of hydrogen-bond donors (Lipinski definition) is 0. The number of imidazole rings is 2. The largest absolute Gasteiger partial charge is 0.497 e. The lowest BCUT2D eigenvalue weighted by Gasteiger charge is -2.19. The molecule has 0 bridgehead atoms. The third-order valence-electron chi connectivity index (χ3n) is 12.7. The number of rotatable bonds is 12. The normalized spacial score (nSPS) is 11.8. The Labute approximate surface area is 389 Å². The number of aryl methyl sites for hydroxylation is 2. The highest BCUT2D eigenvalue weighted by Gasteiger charge is 2.35. The van der Waals surface area contributed by atoms with Crippen LogP contribution in [-0.2, 0) is 28.0 Å². The zero-order chi connectivity index (χ0) is 48.3. The summed E-state index contributed by atoms with van der Waals surface area (Å²) in [5.74, 6) is 1.18. The maximum Gasteiger partial charge on any atom is 0.317 e. The number of carbonyl (C=O) groups excluding carboxylic acids is 1. The number of benzene rings is 4. The molecule has 0 fully saturated rings. The summed E-state index contributed by atoms with van der Waals surface area (Å²) in [4.78, 5) is 51.9. The van der Waals surface area contributed by atoms with E-state index < -0.39 is 28.6 Å². The lowest BCUT2D eigenvalue weighted by atomic mass is 9.90. The van der Waals surface area contributed by atoms with E-state index in [4.69, 9.17) is 28.6 Å². The molecule has 0 N–H and O–H groups in total. The smallest absolute Gasteiger partial charge is 0.317 e. The number of fused-ring (bicyclic) bond motifs is 2. The van der Waals surface area contributed by atoms with E-state index in [0.717, 1.165) is 0 Å². The van der Waals surface area contributed by atoms with Crippen molar-refractivity contribution in [2.75, 3.05) is 21.3 Å². The van der Waals surface area contributed by atoms with Gasteiger partial charge in [0.1, 0.15) is 40.1 Å². The van der Waals surface area contributed by atoms with Crippen molar-refractivity contribution in [3.8, 4) is 56.1 Å². The van der Waals surface area contributed by atoms with Gasteiger partial charge in [0.25, 0.3) is 11.1 Å². The van der Waals surface area contributed by atoms with Crippen LogP contribution in [0.2, 0.25) is 0 Å². The summed E-state index contributed by atoms with van der Waals surface area (Å²) in [6.45, 7) is 10.5. The van der Waals surface area contributed by atoms with Gasteiger partial charge in [0.05, 0.1) is 56.9 Å². The standard InChI is InChI=1S/C53H48F2N6O7/c1-29-20-41(32(4)68-29)43-27-60-49(63)46(31(3)58(51(60)56-43)25-34-14-10-11-19-42(34)54)37-21-36(23-39(24-37)66-8)40-18-13-16-35(47(40)55)26-59-30(2)45(33-15-12-17-38(22-33)65-7)48(62)61-28-44(57-52(59)61)53(5,6)50(64)67-9/h10-24,27-28H,25-26H2,1-9H3. The Morgan fingerprint density at radius 3 is 1.93 bits per heavy atom. The first-order valence-electron chi connectivity index (χ1n) is 21.8. The number of ether oxygens (including phenoxy) is 3. The van der Waals surface area contributed by atoms with Crippen molar-refractivity contribution in [3.05, 3.63) is 175 Å². The highest BCUT2D eigenvalue weighted by atomic mass is 19.1.